The summed E-state index contributed by atoms with van der Waals surface area (Å²) in [6, 6.07) is 16.5. The van der Waals surface area contributed by atoms with E-state index in [0.717, 1.165) is 29.8 Å². The van der Waals surface area contributed by atoms with Crippen LogP contribution in [0.4, 0.5) is 11.8 Å². The van der Waals surface area contributed by atoms with Crippen LogP contribution in [0.15, 0.2) is 48.5 Å². The van der Waals surface area contributed by atoms with Gasteiger partial charge in [0.15, 0.2) is 0 Å². The topological polar surface area (TPSA) is 67.1 Å². The number of nitrogens with one attached hydrogen (secondary N) is 1. The Labute approximate surface area is 122 Å². The van der Waals surface area contributed by atoms with Crippen LogP contribution in [0.25, 0.3) is 10.9 Å². The van der Waals surface area contributed by atoms with Gasteiger partial charge in [-0.15, -0.1) is 0 Å². The maximum atomic E-state index is 5.50. The minimum absolute atomic E-state index is 0.444. The predicted molar refractivity (Wildman–Crippen MR) is 83.7 cm³/mol. The number of benzene rings is 2. The molecule has 3 aromatic rings. The number of nitrogens with zero attached hydrogens (tertiary/aromatic N) is 3. The van der Waals surface area contributed by atoms with Crippen LogP contribution in [0, 0.1) is 0 Å². The van der Waals surface area contributed by atoms with Crippen molar-refractivity contribution in [3.8, 4) is 0 Å². The fraction of sp³-hybridized carbons (Fsp3) is 0.125. The number of aromatic nitrogens is 2. The summed E-state index contributed by atoms with van der Waals surface area (Å²) < 4.78 is 0. The molecule has 0 bridgehead atoms. The van der Waals surface area contributed by atoms with Gasteiger partial charge in [-0.05, 0) is 23.3 Å². The Balaban J connectivity index is 1.84. The number of hydrazine groups is 1. The van der Waals surface area contributed by atoms with Gasteiger partial charge in [-0.1, -0.05) is 36.4 Å². The van der Waals surface area contributed by atoms with Gasteiger partial charge in [-0.2, -0.15) is 4.98 Å². The molecule has 104 valence electrons. The quantitative estimate of drug-likeness (QED) is 0.556. The first-order valence-electron chi connectivity index (χ1n) is 6.90. The van der Waals surface area contributed by atoms with E-state index < -0.39 is 0 Å². The van der Waals surface area contributed by atoms with E-state index in [1.807, 2.05) is 24.3 Å². The standard InChI is InChI=1S/C16H15N5/c17-20-16-18-14-8-4-3-7-13(14)15(19-16)21-9-11-5-1-2-6-12(11)10-21/h1-8H,9-10,17H2,(H,18,19,20). The smallest absolute Gasteiger partial charge is 0.239 e. The van der Waals surface area contributed by atoms with Gasteiger partial charge in [-0.3, -0.25) is 5.43 Å². The van der Waals surface area contributed by atoms with Crippen LogP contribution in [0.5, 0.6) is 0 Å². The lowest BCUT2D eigenvalue weighted by molar-refractivity contribution is 0.860. The van der Waals surface area contributed by atoms with Crippen molar-refractivity contribution in [1.29, 1.82) is 0 Å². The molecule has 1 aromatic heterocycles. The highest BCUT2D eigenvalue weighted by atomic mass is 15.3. The van der Waals surface area contributed by atoms with Crippen molar-refractivity contribution >= 4 is 22.7 Å². The molecule has 4 rings (SSSR count). The van der Waals surface area contributed by atoms with Crippen molar-refractivity contribution < 1.29 is 0 Å². The molecule has 1 aliphatic heterocycles. The summed E-state index contributed by atoms with van der Waals surface area (Å²) in [6.07, 6.45) is 0. The van der Waals surface area contributed by atoms with Gasteiger partial charge in [0, 0.05) is 18.5 Å². The highest BCUT2D eigenvalue weighted by Gasteiger charge is 2.22. The normalized spacial score (nSPS) is 13.5. The van der Waals surface area contributed by atoms with E-state index in [1.54, 1.807) is 0 Å². The second-order valence-electron chi connectivity index (χ2n) is 5.16. The molecule has 21 heavy (non-hydrogen) atoms. The number of anilines is 2. The fourth-order valence-corrected chi connectivity index (χ4v) is 2.85. The van der Waals surface area contributed by atoms with E-state index in [1.165, 1.54) is 11.1 Å². The van der Waals surface area contributed by atoms with Gasteiger partial charge in [0.25, 0.3) is 0 Å². The molecule has 2 aromatic carbocycles. The molecule has 3 N–H and O–H groups in total. The molecular formula is C16H15N5. The highest BCUT2D eigenvalue weighted by molar-refractivity contribution is 5.90. The number of para-hydroxylation sites is 1. The average Bonchev–Trinajstić information content (AvgIpc) is 2.97. The number of rotatable bonds is 2. The van der Waals surface area contributed by atoms with Crippen molar-refractivity contribution in [1.82, 2.24) is 9.97 Å². The molecule has 0 unspecified atom stereocenters. The van der Waals surface area contributed by atoms with Crippen molar-refractivity contribution in [2.45, 2.75) is 13.1 Å². The third-order valence-corrected chi connectivity index (χ3v) is 3.85. The maximum absolute atomic E-state index is 5.50. The first-order valence-corrected chi connectivity index (χ1v) is 6.90. The van der Waals surface area contributed by atoms with Crippen molar-refractivity contribution in [2.24, 2.45) is 5.84 Å². The van der Waals surface area contributed by atoms with E-state index in [0.29, 0.717) is 5.95 Å². The van der Waals surface area contributed by atoms with Crippen LogP contribution in [-0.4, -0.2) is 9.97 Å². The third kappa shape index (κ3) is 1.98. The zero-order valence-corrected chi connectivity index (χ0v) is 11.5. The Hall–Kier alpha value is -2.66. The monoisotopic (exact) mass is 277 g/mol. The largest absolute Gasteiger partial charge is 0.347 e. The molecule has 0 spiro atoms. The summed E-state index contributed by atoms with van der Waals surface area (Å²) in [5.41, 5.74) is 6.15. The first kappa shape index (κ1) is 12.1. The zero-order valence-electron chi connectivity index (χ0n) is 11.5. The minimum Gasteiger partial charge on any atom is -0.347 e. The highest BCUT2D eigenvalue weighted by Crippen LogP contribution is 2.32. The lowest BCUT2D eigenvalue weighted by Gasteiger charge is -2.19. The van der Waals surface area contributed by atoms with E-state index in [2.05, 4.69) is 44.6 Å². The Morgan fingerprint density at radius 2 is 1.57 bits per heavy atom. The van der Waals surface area contributed by atoms with Gasteiger partial charge in [-0.25, -0.2) is 10.8 Å². The first-order chi connectivity index (χ1) is 10.3. The molecule has 0 saturated carbocycles. The van der Waals surface area contributed by atoms with Crippen molar-refractivity contribution in [3.63, 3.8) is 0 Å². The Morgan fingerprint density at radius 3 is 2.29 bits per heavy atom. The lowest BCUT2D eigenvalue weighted by Crippen LogP contribution is -2.19. The van der Waals surface area contributed by atoms with Crippen LogP contribution in [-0.2, 0) is 13.1 Å². The van der Waals surface area contributed by atoms with Gasteiger partial charge < -0.3 is 4.90 Å². The van der Waals surface area contributed by atoms with E-state index in [9.17, 15) is 0 Å². The number of fused-ring (bicyclic) bond motifs is 2. The molecule has 0 radical (unpaired) electrons. The van der Waals surface area contributed by atoms with Crippen molar-refractivity contribution in [2.75, 3.05) is 10.3 Å². The molecular weight excluding hydrogens is 262 g/mol. The summed E-state index contributed by atoms with van der Waals surface area (Å²) in [7, 11) is 0. The van der Waals surface area contributed by atoms with Crippen molar-refractivity contribution in [3.05, 3.63) is 59.7 Å². The second-order valence-corrected chi connectivity index (χ2v) is 5.16. The van der Waals surface area contributed by atoms with Gasteiger partial charge in [0.1, 0.15) is 5.82 Å². The van der Waals surface area contributed by atoms with Gasteiger partial charge >= 0.3 is 0 Å². The fourth-order valence-electron chi connectivity index (χ4n) is 2.85. The molecule has 1 aliphatic rings. The summed E-state index contributed by atoms with van der Waals surface area (Å²) in [4.78, 5) is 11.2. The summed E-state index contributed by atoms with van der Waals surface area (Å²) in [6.45, 7) is 1.72. The van der Waals surface area contributed by atoms with Crippen LogP contribution in [0.2, 0.25) is 0 Å². The SMILES string of the molecule is NNc1nc(N2Cc3ccccc3C2)c2ccccc2n1. The molecule has 2 heterocycles. The van der Waals surface area contributed by atoms with Gasteiger partial charge in [0.05, 0.1) is 5.52 Å². The van der Waals surface area contributed by atoms with E-state index >= 15 is 0 Å². The number of nitrogen functional groups attached to an aromatic ring is 1. The van der Waals surface area contributed by atoms with E-state index in [4.69, 9.17) is 5.84 Å². The summed E-state index contributed by atoms with van der Waals surface area (Å²) in [5, 5.41) is 1.05. The Bertz CT molecular complexity index is 790. The maximum Gasteiger partial charge on any atom is 0.239 e. The van der Waals surface area contributed by atoms with Crippen LogP contribution in [0.3, 0.4) is 0 Å². The number of hydrogen-bond donors (Lipinski definition) is 2. The number of hydrogen-bond acceptors (Lipinski definition) is 5. The van der Waals surface area contributed by atoms with E-state index in [-0.39, 0.29) is 0 Å². The average molecular weight is 277 g/mol. The molecule has 5 heteroatoms. The molecule has 0 aliphatic carbocycles. The summed E-state index contributed by atoms with van der Waals surface area (Å²) in [5.74, 6) is 6.86. The second kappa shape index (κ2) is 4.71. The number of nitrogens with two attached hydrogens (primary N) is 1. The molecule has 0 atom stereocenters. The molecule has 0 amide bonds. The lowest BCUT2D eigenvalue weighted by atomic mass is 10.1. The Morgan fingerprint density at radius 1 is 0.905 bits per heavy atom. The van der Waals surface area contributed by atoms with Crippen LogP contribution in [0.1, 0.15) is 11.1 Å². The predicted octanol–water partition coefficient (Wildman–Crippen LogP) is 2.44. The zero-order chi connectivity index (χ0) is 14.2. The minimum atomic E-state index is 0.444. The van der Waals surface area contributed by atoms with Crippen LogP contribution >= 0.6 is 0 Å². The Kier molecular flexibility index (Phi) is 2.72. The molecule has 0 saturated heterocycles. The molecule has 0 fully saturated rings. The molecule has 5 nitrogen and oxygen atoms in total. The third-order valence-electron chi connectivity index (χ3n) is 3.85. The summed E-state index contributed by atoms with van der Waals surface area (Å²) >= 11 is 0. The van der Waals surface area contributed by atoms with Gasteiger partial charge in [0.2, 0.25) is 5.95 Å². The van der Waals surface area contributed by atoms with Crippen LogP contribution < -0.4 is 16.2 Å².